The SMILES string of the molecule is Cc1nc(C)c(C(OC(C)(C)C)C(=O)O)c(N2CCC(Cc3ccccc3)CC2)c1-c1ccc(C(=O)NCc2ccccc2)cc1. The van der Waals surface area contributed by atoms with E-state index < -0.39 is 17.7 Å². The van der Waals surface area contributed by atoms with Gasteiger partial charge < -0.3 is 20.1 Å². The molecule has 1 saturated heterocycles. The summed E-state index contributed by atoms with van der Waals surface area (Å²) in [6.45, 7) is 11.5. The largest absolute Gasteiger partial charge is 0.479 e. The van der Waals surface area contributed by atoms with Crippen LogP contribution < -0.4 is 10.2 Å². The minimum atomic E-state index is -1.19. The second-order valence-corrected chi connectivity index (χ2v) is 13.2. The summed E-state index contributed by atoms with van der Waals surface area (Å²) in [4.78, 5) is 33.0. The lowest BCUT2D eigenvalue weighted by Gasteiger charge is -2.38. The summed E-state index contributed by atoms with van der Waals surface area (Å²) in [5, 5.41) is 13.5. The third kappa shape index (κ3) is 8.01. The number of hydrogen-bond acceptors (Lipinski definition) is 5. The minimum Gasteiger partial charge on any atom is -0.479 e. The fourth-order valence-electron chi connectivity index (χ4n) is 6.40. The maximum Gasteiger partial charge on any atom is 0.337 e. The number of ether oxygens (including phenoxy) is 1. The van der Waals surface area contributed by atoms with Gasteiger partial charge in [0.15, 0.2) is 6.10 Å². The lowest BCUT2D eigenvalue weighted by Crippen LogP contribution is -2.37. The number of aliphatic carboxylic acids is 1. The summed E-state index contributed by atoms with van der Waals surface area (Å²) in [5.74, 6) is -0.648. The number of aryl methyl sites for hydroxylation is 2. The maximum atomic E-state index is 13.0. The van der Waals surface area contributed by atoms with E-state index >= 15 is 0 Å². The fourth-order valence-corrected chi connectivity index (χ4v) is 6.40. The van der Waals surface area contributed by atoms with Gasteiger partial charge in [0.05, 0.1) is 11.3 Å². The molecule has 1 amide bonds. The molecule has 1 atom stereocenters. The predicted octanol–water partition coefficient (Wildman–Crippen LogP) is 7.70. The standard InChI is InChI=1S/C39H45N3O4/c1-26-33(31-16-18-32(19-17-31)37(43)40-25-30-14-10-7-11-15-30)35(34(27(2)41-26)36(38(44)45)46-39(3,4)5)42-22-20-29(21-23-42)24-28-12-8-6-9-13-28/h6-19,29,36H,20-25H2,1-5H3,(H,40,43)(H,44,45). The summed E-state index contributed by atoms with van der Waals surface area (Å²) < 4.78 is 6.22. The smallest absolute Gasteiger partial charge is 0.337 e. The number of benzene rings is 3. The molecule has 0 aliphatic carbocycles. The zero-order valence-corrected chi connectivity index (χ0v) is 27.5. The number of nitrogens with one attached hydrogen (secondary N) is 1. The molecular formula is C39H45N3O4. The van der Waals surface area contributed by atoms with Crippen LogP contribution in [0.15, 0.2) is 84.9 Å². The third-order valence-electron chi connectivity index (χ3n) is 8.57. The highest BCUT2D eigenvalue weighted by Gasteiger charge is 2.35. The number of carbonyl (C=O) groups excluding carboxylic acids is 1. The molecular weight excluding hydrogens is 574 g/mol. The molecule has 2 heterocycles. The molecule has 0 saturated carbocycles. The van der Waals surface area contributed by atoms with Gasteiger partial charge in [0, 0.05) is 47.7 Å². The number of piperidine rings is 1. The van der Waals surface area contributed by atoms with Crippen LogP contribution in [0, 0.1) is 19.8 Å². The lowest BCUT2D eigenvalue weighted by molar-refractivity contribution is -0.160. The molecule has 1 aliphatic rings. The second-order valence-electron chi connectivity index (χ2n) is 13.2. The van der Waals surface area contributed by atoms with Crippen molar-refractivity contribution in [3.05, 3.63) is 119 Å². The number of carboxylic acids is 1. The summed E-state index contributed by atoms with van der Waals surface area (Å²) in [5.41, 5.74) is 6.92. The fraction of sp³-hybridized carbons (Fsp3) is 0.359. The summed E-state index contributed by atoms with van der Waals surface area (Å²) in [6, 6.07) is 27.9. The molecule has 0 radical (unpaired) electrons. The van der Waals surface area contributed by atoms with Gasteiger partial charge >= 0.3 is 5.97 Å². The Morgan fingerprint density at radius 3 is 2.04 bits per heavy atom. The average Bonchev–Trinajstić information content (AvgIpc) is 3.03. The zero-order chi connectivity index (χ0) is 32.8. The number of carboxylic acid groups (broad SMARTS) is 1. The van der Waals surface area contributed by atoms with Crippen LogP contribution in [-0.4, -0.2) is 40.7 Å². The molecule has 7 heteroatoms. The van der Waals surface area contributed by atoms with Gasteiger partial charge in [0.25, 0.3) is 5.91 Å². The highest BCUT2D eigenvalue weighted by atomic mass is 16.5. The number of rotatable bonds is 10. The normalized spacial score (nSPS) is 14.6. The van der Waals surface area contributed by atoms with Gasteiger partial charge in [-0.05, 0) is 88.6 Å². The molecule has 46 heavy (non-hydrogen) atoms. The van der Waals surface area contributed by atoms with E-state index in [-0.39, 0.29) is 5.91 Å². The predicted molar refractivity (Wildman–Crippen MR) is 183 cm³/mol. The molecule has 4 aromatic rings. The monoisotopic (exact) mass is 619 g/mol. The molecule has 1 unspecified atom stereocenters. The van der Waals surface area contributed by atoms with Crippen molar-refractivity contribution >= 4 is 17.6 Å². The van der Waals surface area contributed by atoms with E-state index in [0.29, 0.717) is 29.3 Å². The van der Waals surface area contributed by atoms with Crippen molar-refractivity contribution in [3.8, 4) is 11.1 Å². The van der Waals surface area contributed by atoms with Gasteiger partial charge in [-0.2, -0.15) is 0 Å². The Bertz CT molecular complexity index is 1640. The van der Waals surface area contributed by atoms with E-state index in [1.54, 1.807) is 0 Å². The highest BCUT2D eigenvalue weighted by Crippen LogP contribution is 2.44. The third-order valence-corrected chi connectivity index (χ3v) is 8.57. The number of anilines is 1. The summed E-state index contributed by atoms with van der Waals surface area (Å²) >= 11 is 0. The van der Waals surface area contributed by atoms with Crippen molar-refractivity contribution in [1.82, 2.24) is 10.3 Å². The van der Waals surface area contributed by atoms with Crippen molar-refractivity contribution in [2.24, 2.45) is 5.92 Å². The summed E-state index contributed by atoms with van der Waals surface area (Å²) in [7, 11) is 0. The van der Waals surface area contributed by atoms with Crippen molar-refractivity contribution in [2.75, 3.05) is 18.0 Å². The molecule has 240 valence electrons. The van der Waals surface area contributed by atoms with Crippen LogP contribution in [0.2, 0.25) is 0 Å². The van der Waals surface area contributed by atoms with Crippen molar-refractivity contribution in [1.29, 1.82) is 0 Å². The molecule has 1 aliphatic heterocycles. The molecule has 7 nitrogen and oxygen atoms in total. The summed E-state index contributed by atoms with van der Waals surface area (Å²) in [6.07, 6.45) is 1.83. The van der Waals surface area contributed by atoms with Gasteiger partial charge in [-0.3, -0.25) is 9.78 Å². The molecule has 0 bridgehead atoms. The number of carbonyl (C=O) groups is 2. The first-order valence-electron chi connectivity index (χ1n) is 16.1. The van der Waals surface area contributed by atoms with Gasteiger partial charge in [0.1, 0.15) is 0 Å². The number of amides is 1. The Hall–Kier alpha value is -4.49. The molecule has 2 N–H and O–H groups in total. The van der Waals surface area contributed by atoms with E-state index in [0.717, 1.165) is 60.4 Å². The van der Waals surface area contributed by atoms with E-state index in [1.807, 2.05) is 95.3 Å². The molecule has 1 fully saturated rings. The number of pyridine rings is 1. The van der Waals surface area contributed by atoms with Gasteiger partial charge in [-0.15, -0.1) is 0 Å². The van der Waals surface area contributed by atoms with Gasteiger partial charge in [0.2, 0.25) is 0 Å². The number of nitrogens with zero attached hydrogens (tertiary/aromatic N) is 2. The van der Waals surface area contributed by atoms with Crippen LogP contribution in [-0.2, 0) is 22.5 Å². The topological polar surface area (TPSA) is 91.8 Å². The maximum absolute atomic E-state index is 13.0. The molecule has 3 aromatic carbocycles. The Balaban J connectivity index is 1.50. The van der Waals surface area contributed by atoms with Crippen LogP contribution in [0.3, 0.4) is 0 Å². The Kier molecular flexibility index (Phi) is 10.2. The van der Waals surface area contributed by atoms with Gasteiger partial charge in [-0.25, -0.2) is 4.79 Å². The van der Waals surface area contributed by atoms with E-state index in [9.17, 15) is 14.7 Å². The average molecular weight is 620 g/mol. The lowest BCUT2D eigenvalue weighted by atomic mass is 9.88. The molecule has 0 spiro atoms. The van der Waals surface area contributed by atoms with E-state index in [1.165, 1.54) is 5.56 Å². The van der Waals surface area contributed by atoms with Crippen LogP contribution in [0.25, 0.3) is 11.1 Å². The molecule has 1 aromatic heterocycles. The Labute approximate surface area is 272 Å². The first kappa shape index (κ1) is 32.9. The Morgan fingerprint density at radius 1 is 0.891 bits per heavy atom. The van der Waals surface area contributed by atoms with Crippen LogP contribution in [0.5, 0.6) is 0 Å². The van der Waals surface area contributed by atoms with Crippen molar-refractivity contribution in [3.63, 3.8) is 0 Å². The number of hydrogen-bond donors (Lipinski definition) is 2. The first-order valence-corrected chi connectivity index (χ1v) is 16.1. The van der Waals surface area contributed by atoms with Crippen LogP contribution in [0.4, 0.5) is 5.69 Å². The number of aromatic nitrogens is 1. The van der Waals surface area contributed by atoms with Crippen molar-refractivity contribution in [2.45, 2.75) is 72.1 Å². The van der Waals surface area contributed by atoms with Gasteiger partial charge in [-0.1, -0.05) is 72.8 Å². The van der Waals surface area contributed by atoms with E-state index in [2.05, 4.69) is 34.5 Å². The van der Waals surface area contributed by atoms with Crippen LogP contribution >= 0.6 is 0 Å². The Morgan fingerprint density at radius 2 is 1.48 bits per heavy atom. The zero-order valence-electron chi connectivity index (χ0n) is 27.5. The van der Waals surface area contributed by atoms with E-state index in [4.69, 9.17) is 9.72 Å². The molecule has 5 rings (SSSR count). The quantitative estimate of drug-likeness (QED) is 0.189. The highest BCUT2D eigenvalue weighted by molar-refractivity contribution is 5.95. The minimum absolute atomic E-state index is 0.153. The van der Waals surface area contributed by atoms with Crippen molar-refractivity contribution < 1.29 is 19.4 Å². The first-order chi connectivity index (χ1) is 22.0. The van der Waals surface area contributed by atoms with Crippen LogP contribution in [0.1, 0.15) is 78.2 Å². The second kappa shape index (κ2) is 14.3.